The highest BCUT2D eigenvalue weighted by molar-refractivity contribution is 5.94. The smallest absolute Gasteiger partial charge is 0.276 e. The SMILES string of the molecule is CN1CCN(C(=O)c2noc3c2C[C@H](C(C)(C)C)CC3)CC1. The molecule has 0 spiro atoms. The lowest BCUT2D eigenvalue weighted by molar-refractivity contribution is 0.0652. The molecule has 0 aromatic carbocycles. The number of nitrogens with zero attached hydrogens (tertiary/aromatic N) is 3. The molecule has 1 saturated heterocycles. The maximum atomic E-state index is 12.8. The van der Waals surface area contributed by atoms with E-state index in [1.165, 1.54) is 0 Å². The maximum Gasteiger partial charge on any atom is 0.276 e. The van der Waals surface area contributed by atoms with Crippen molar-refractivity contribution in [1.82, 2.24) is 15.0 Å². The van der Waals surface area contributed by atoms with E-state index in [-0.39, 0.29) is 11.3 Å². The molecule has 1 amide bonds. The van der Waals surface area contributed by atoms with E-state index >= 15 is 0 Å². The highest BCUT2D eigenvalue weighted by atomic mass is 16.5. The van der Waals surface area contributed by atoms with E-state index < -0.39 is 0 Å². The highest BCUT2D eigenvalue weighted by Gasteiger charge is 2.35. The van der Waals surface area contributed by atoms with E-state index in [0.29, 0.717) is 11.6 Å². The number of carbonyl (C=O) groups excluding carboxylic acids is 1. The Morgan fingerprint density at radius 3 is 2.55 bits per heavy atom. The zero-order valence-corrected chi connectivity index (χ0v) is 14.2. The van der Waals surface area contributed by atoms with Crippen LogP contribution in [0.15, 0.2) is 4.52 Å². The van der Waals surface area contributed by atoms with Gasteiger partial charge in [-0.3, -0.25) is 4.79 Å². The first kappa shape index (κ1) is 15.5. The predicted molar refractivity (Wildman–Crippen MR) is 84.9 cm³/mol. The molecular formula is C17H27N3O2. The van der Waals surface area contributed by atoms with E-state index in [1.807, 2.05) is 4.90 Å². The Morgan fingerprint density at radius 1 is 1.23 bits per heavy atom. The summed E-state index contributed by atoms with van der Waals surface area (Å²) in [5.41, 5.74) is 1.88. The van der Waals surface area contributed by atoms with Crippen LogP contribution >= 0.6 is 0 Å². The monoisotopic (exact) mass is 305 g/mol. The van der Waals surface area contributed by atoms with E-state index in [9.17, 15) is 4.79 Å². The molecule has 0 bridgehead atoms. The number of rotatable bonds is 1. The van der Waals surface area contributed by atoms with Gasteiger partial charge in [0.05, 0.1) is 0 Å². The Kier molecular flexibility index (Phi) is 4.02. The predicted octanol–water partition coefficient (Wildman–Crippen LogP) is 2.21. The molecule has 1 fully saturated rings. The van der Waals surface area contributed by atoms with Gasteiger partial charge in [0.1, 0.15) is 5.76 Å². The van der Waals surface area contributed by atoms with Crippen molar-refractivity contribution in [1.29, 1.82) is 0 Å². The summed E-state index contributed by atoms with van der Waals surface area (Å²) in [4.78, 5) is 16.9. The van der Waals surface area contributed by atoms with Gasteiger partial charge in [0.15, 0.2) is 5.69 Å². The van der Waals surface area contributed by atoms with Crippen LogP contribution in [0.1, 0.15) is 49.0 Å². The van der Waals surface area contributed by atoms with Crippen molar-refractivity contribution in [2.75, 3.05) is 33.2 Å². The second kappa shape index (κ2) is 5.69. The van der Waals surface area contributed by atoms with Gasteiger partial charge in [-0.1, -0.05) is 25.9 Å². The first-order chi connectivity index (χ1) is 10.4. The number of fused-ring (bicyclic) bond motifs is 1. The molecule has 3 rings (SSSR count). The Morgan fingerprint density at radius 2 is 1.91 bits per heavy atom. The average molecular weight is 305 g/mol. The second-order valence-electron chi connectivity index (χ2n) is 7.83. The molecule has 1 aromatic rings. The number of aromatic nitrogens is 1. The third-order valence-corrected chi connectivity index (χ3v) is 5.26. The molecule has 0 N–H and O–H groups in total. The van der Waals surface area contributed by atoms with Crippen molar-refractivity contribution in [3.8, 4) is 0 Å². The second-order valence-corrected chi connectivity index (χ2v) is 7.83. The third-order valence-electron chi connectivity index (χ3n) is 5.26. The average Bonchev–Trinajstić information content (AvgIpc) is 2.89. The van der Waals surface area contributed by atoms with Crippen molar-refractivity contribution in [3.05, 3.63) is 17.0 Å². The van der Waals surface area contributed by atoms with Gasteiger partial charge in [0.2, 0.25) is 0 Å². The molecular weight excluding hydrogens is 278 g/mol. The Bertz CT molecular complexity index is 551. The van der Waals surface area contributed by atoms with Crippen molar-refractivity contribution in [2.45, 2.75) is 40.0 Å². The largest absolute Gasteiger partial charge is 0.360 e. The molecule has 2 aliphatic rings. The Balaban J connectivity index is 1.79. The summed E-state index contributed by atoms with van der Waals surface area (Å²) in [5.74, 6) is 1.56. The lowest BCUT2D eigenvalue weighted by Crippen LogP contribution is -2.47. The van der Waals surface area contributed by atoms with Gasteiger partial charge in [-0.25, -0.2) is 0 Å². The number of hydrogen-bond donors (Lipinski definition) is 0. The number of aryl methyl sites for hydroxylation is 1. The quantitative estimate of drug-likeness (QED) is 0.798. The zero-order valence-electron chi connectivity index (χ0n) is 14.2. The first-order valence-electron chi connectivity index (χ1n) is 8.31. The van der Waals surface area contributed by atoms with Crippen LogP contribution in [0.3, 0.4) is 0 Å². The summed E-state index contributed by atoms with van der Waals surface area (Å²) in [6.45, 7) is 10.2. The molecule has 0 saturated carbocycles. The molecule has 1 aromatic heterocycles. The van der Waals surface area contributed by atoms with E-state index in [4.69, 9.17) is 4.52 Å². The van der Waals surface area contributed by atoms with Crippen LogP contribution in [-0.2, 0) is 12.8 Å². The lowest BCUT2D eigenvalue weighted by atomic mass is 9.71. The number of carbonyl (C=O) groups is 1. The van der Waals surface area contributed by atoms with Crippen LogP contribution in [-0.4, -0.2) is 54.1 Å². The fourth-order valence-corrected chi connectivity index (χ4v) is 3.47. The molecule has 22 heavy (non-hydrogen) atoms. The first-order valence-corrected chi connectivity index (χ1v) is 8.31. The molecule has 2 heterocycles. The molecule has 1 aliphatic carbocycles. The van der Waals surface area contributed by atoms with Gasteiger partial charge in [0, 0.05) is 38.2 Å². The number of hydrogen-bond acceptors (Lipinski definition) is 4. The highest BCUT2D eigenvalue weighted by Crippen LogP contribution is 2.38. The lowest BCUT2D eigenvalue weighted by Gasteiger charge is -2.34. The minimum Gasteiger partial charge on any atom is -0.360 e. The normalized spacial score (nSPS) is 23.5. The van der Waals surface area contributed by atoms with Crippen LogP contribution in [0.5, 0.6) is 0 Å². The standard InChI is InChI=1S/C17H27N3O2/c1-17(2,3)12-5-6-14-13(11-12)15(18-22-14)16(21)20-9-7-19(4)8-10-20/h12H,5-11H2,1-4H3/t12-/m1/s1. The molecule has 5 nitrogen and oxygen atoms in total. The number of amides is 1. The van der Waals surface area contributed by atoms with Crippen LogP contribution in [0.2, 0.25) is 0 Å². The zero-order chi connectivity index (χ0) is 15.9. The fraction of sp³-hybridized carbons (Fsp3) is 0.765. The van der Waals surface area contributed by atoms with Crippen molar-refractivity contribution >= 4 is 5.91 Å². The molecule has 0 unspecified atom stereocenters. The van der Waals surface area contributed by atoms with Crippen molar-refractivity contribution in [2.24, 2.45) is 11.3 Å². The fourth-order valence-electron chi connectivity index (χ4n) is 3.47. The van der Waals surface area contributed by atoms with E-state index in [1.54, 1.807) is 0 Å². The van der Waals surface area contributed by atoms with Crippen LogP contribution in [0.4, 0.5) is 0 Å². The summed E-state index contributed by atoms with van der Waals surface area (Å²) < 4.78 is 5.47. The van der Waals surface area contributed by atoms with E-state index in [0.717, 1.165) is 56.8 Å². The number of likely N-dealkylation sites (N-methyl/N-ethyl adjacent to an activating group) is 1. The van der Waals surface area contributed by atoms with Gasteiger partial charge >= 0.3 is 0 Å². The van der Waals surface area contributed by atoms with Gasteiger partial charge < -0.3 is 14.3 Å². The van der Waals surface area contributed by atoms with Crippen molar-refractivity contribution in [3.63, 3.8) is 0 Å². The summed E-state index contributed by atoms with van der Waals surface area (Å²) in [6.07, 6.45) is 2.94. The van der Waals surface area contributed by atoms with Gasteiger partial charge in [-0.15, -0.1) is 0 Å². The molecule has 5 heteroatoms. The molecule has 1 atom stereocenters. The molecule has 0 radical (unpaired) electrons. The van der Waals surface area contributed by atoms with Crippen LogP contribution in [0.25, 0.3) is 0 Å². The minimum atomic E-state index is 0.0488. The van der Waals surface area contributed by atoms with Crippen molar-refractivity contribution < 1.29 is 9.32 Å². The minimum absolute atomic E-state index is 0.0488. The molecule has 1 aliphatic heterocycles. The van der Waals surface area contributed by atoms with Gasteiger partial charge in [0.25, 0.3) is 5.91 Å². The van der Waals surface area contributed by atoms with Gasteiger partial charge in [-0.2, -0.15) is 0 Å². The maximum absolute atomic E-state index is 12.8. The van der Waals surface area contributed by atoms with Crippen LogP contribution < -0.4 is 0 Å². The summed E-state index contributed by atoms with van der Waals surface area (Å²) in [5, 5.41) is 4.13. The summed E-state index contributed by atoms with van der Waals surface area (Å²) >= 11 is 0. The molecule has 122 valence electrons. The van der Waals surface area contributed by atoms with E-state index in [2.05, 4.69) is 37.9 Å². The Hall–Kier alpha value is -1.36. The number of piperazine rings is 1. The third kappa shape index (κ3) is 2.91. The summed E-state index contributed by atoms with van der Waals surface area (Å²) in [6, 6.07) is 0. The Labute approximate surface area is 132 Å². The van der Waals surface area contributed by atoms with Crippen LogP contribution in [0, 0.1) is 11.3 Å². The van der Waals surface area contributed by atoms with Gasteiger partial charge in [-0.05, 0) is 31.2 Å². The summed E-state index contributed by atoms with van der Waals surface area (Å²) in [7, 11) is 2.09. The topological polar surface area (TPSA) is 49.6 Å².